The zero-order valence-electron chi connectivity index (χ0n) is 11.6. The second-order valence-corrected chi connectivity index (χ2v) is 5.26. The summed E-state index contributed by atoms with van der Waals surface area (Å²) in [6.45, 7) is 0. The Labute approximate surface area is 117 Å². The van der Waals surface area contributed by atoms with Crippen LogP contribution in [0.5, 0.6) is 0 Å². The number of halogens is 3. The lowest BCUT2D eigenvalue weighted by Gasteiger charge is -2.23. The fourth-order valence-electron chi connectivity index (χ4n) is 2.66. The molecule has 1 aliphatic carbocycles. The molecule has 0 heterocycles. The number of allylic oxidation sites excluding steroid dienone is 1. The van der Waals surface area contributed by atoms with E-state index in [4.69, 9.17) is 0 Å². The Morgan fingerprint density at radius 1 is 1.15 bits per heavy atom. The smallest absolute Gasteiger partial charge is 0.313 e. The lowest BCUT2D eigenvalue weighted by atomic mass is 9.90. The molecule has 110 valence electrons. The van der Waals surface area contributed by atoms with Crippen molar-refractivity contribution in [1.82, 2.24) is 5.32 Å². The molecule has 1 atom stereocenters. The van der Waals surface area contributed by atoms with Gasteiger partial charge in [0.1, 0.15) is 0 Å². The monoisotopic (exact) mass is 283 g/mol. The lowest BCUT2D eigenvalue weighted by molar-refractivity contribution is -0.137. The lowest BCUT2D eigenvalue weighted by Crippen LogP contribution is -2.30. The van der Waals surface area contributed by atoms with E-state index >= 15 is 0 Å². The third kappa shape index (κ3) is 3.85. The molecule has 1 aliphatic rings. The van der Waals surface area contributed by atoms with Crippen LogP contribution in [0, 0.1) is 0 Å². The molecule has 1 aromatic carbocycles. The topological polar surface area (TPSA) is 12.0 Å². The van der Waals surface area contributed by atoms with Crippen molar-refractivity contribution in [3.05, 3.63) is 47.0 Å². The predicted molar refractivity (Wildman–Crippen MR) is 74.5 cm³/mol. The summed E-state index contributed by atoms with van der Waals surface area (Å²) in [5.41, 5.74) is 1.74. The van der Waals surface area contributed by atoms with Crippen LogP contribution in [0.25, 0.3) is 0 Å². The van der Waals surface area contributed by atoms with Crippen molar-refractivity contribution in [3.63, 3.8) is 0 Å². The van der Waals surface area contributed by atoms with Crippen LogP contribution in [0.3, 0.4) is 0 Å². The van der Waals surface area contributed by atoms with E-state index in [0.717, 1.165) is 37.0 Å². The van der Waals surface area contributed by atoms with Gasteiger partial charge in [0.2, 0.25) is 0 Å². The maximum absolute atomic E-state index is 12.5. The first-order chi connectivity index (χ1) is 9.50. The molecule has 1 unspecified atom stereocenters. The molecular weight excluding hydrogens is 263 g/mol. The SMILES string of the molecule is CNC(Cc1ccc(C(F)(F)F)cc1)C1=CCCCC1. The van der Waals surface area contributed by atoms with Crippen LogP contribution < -0.4 is 5.32 Å². The van der Waals surface area contributed by atoms with Gasteiger partial charge in [-0.25, -0.2) is 0 Å². The van der Waals surface area contributed by atoms with Crippen molar-refractivity contribution in [1.29, 1.82) is 0 Å². The van der Waals surface area contributed by atoms with Gasteiger partial charge < -0.3 is 5.32 Å². The van der Waals surface area contributed by atoms with Crippen LogP contribution in [0.4, 0.5) is 13.2 Å². The summed E-state index contributed by atoms with van der Waals surface area (Å²) in [5.74, 6) is 0. The van der Waals surface area contributed by atoms with Crippen LogP contribution in [0.15, 0.2) is 35.9 Å². The van der Waals surface area contributed by atoms with Gasteiger partial charge in [0.15, 0.2) is 0 Å². The minimum absolute atomic E-state index is 0.229. The highest BCUT2D eigenvalue weighted by Crippen LogP contribution is 2.29. The summed E-state index contributed by atoms with van der Waals surface area (Å²) in [6.07, 6.45) is 3.39. The average Bonchev–Trinajstić information content (AvgIpc) is 2.45. The van der Waals surface area contributed by atoms with Crippen LogP contribution in [-0.2, 0) is 12.6 Å². The molecule has 0 amide bonds. The fraction of sp³-hybridized carbons (Fsp3) is 0.500. The predicted octanol–water partition coefficient (Wildman–Crippen LogP) is 4.34. The second kappa shape index (κ2) is 6.44. The van der Waals surface area contributed by atoms with Gasteiger partial charge in [0, 0.05) is 6.04 Å². The van der Waals surface area contributed by atoms with Crippen molar-refractivity contribution < 1.29 is 13.2 Å². The van der Waals surface area contributed by atoms with Crippen molar-refractivity contribution in [2.24, 2.45) is 0 Å². The normalized spacial score (nSPS) is 17.7. The molecule has 2 rings (SSSR count). The minimum Gasteiger partial charge on any atom is -0.313 e. The summed E-state index contributed by atoms with van der Waals surface area (Å²) < 4.78 is 37.6. The average molecular weight is 283 g/mol. The molecule has 0 spiro atoms. The number of nitrogens with one attached hydrogen (secondary N) is 1. The summed E-state index contributed by atoms with van der Waals surface area (Å²) in [6, 6.07) is 5.72. The van der Waals surface area contributed by atoms with Gasteiger partial charge in [-0.1, -0.05) is 23.8 Å². The van der Waals surface area contributed by atoms with Gasteiger partial charge in [-0.3, -0.25) is 0 Å². The van der Waals surface area contributed by atoms with E-state index in [0.29, 0.717) is 0 Å². The fourth-order valence-corrected chi connectivity index (χ4v) is 2.66. The molecule has 4 heteroatoms. The minimum atomic E-state index is -4.26. The number of hydrogen-bond acceptors (Lipinski definition) is 1. The Hall–Kier alpha value is -1.29. The van der Waals surface area contributed by atoms with E-state index in [9.17, 15) is 13.2 Å². The number of likely N-dealkylation sites (N-methyl/N-ethyl adjacent to an activating group) is 1. The van der Waals surface area contributed by atoms with E-state index in [1.54, 1.807) is 12.1 Å². The second-order valence-electron chi connectivity index (χ2n) is 5.26. The van der Waals surface area contributed by atoms with Gasteiger partial charge in [-0.2, -0.15) is 13.2 Å². The molecule has 0 aliphatic heterocycles. The first kappa shape index (κ1) is 15.1. The van der Waals surface area contributed by atoms with E-state index in [1.165, 1.54) is 18.4 Å². The van der Waals surface area contributed by atoms with E-state index in [2.05, 4.69) is 11.4 Å². The highest BCUT2D eigenvalue weighted by molar-refractivity contribution is 5.27. The molecule has 0 fully saturated rings. The van der Waals surface area contributed by atoms with Crippen LogP contribution in [-0.4, -0.2) is 13.1 Å². The summed E-state index contributed by atoms with van der Waals surface area (Å²) >= 11 is 0. The van der Waals surface area contributed by atoms with E-state index in [1.807, 2.05) is 7.05 Å². The third-order valence-electron chi connectivity index (χ3n) is 3.84. The Balaban J connectivity index is 2.06. The molecule has 0 saturated heterocycles. The number of alkyl halides is 3. The zero-order valence-corrected chi connectivity index (χ0v) is 11.6. The van der Waals surface area contributed by atoms with E-state index < -0.39 is 11.7 Å². The summed E-state index contributed by atoms with van der Waals surface area (Å²) in [5, 5.41) is 3.27. The molecule has 0 radical (unpaired) electrons. The third-order valence-corrected chi connectivity index (χ3v) is 3.84. The number of benzene rings is 1. The molecule has 20 heavy (non-hydrogen) atoms. The van der Waals surface area contributed by atoms with Gasteiger partial charge >= 0.3 is 6.18 Å². The Morgan fingerprint density at radius 2 is 1.85 bits per heavy atom. The van der Waals surface area contributed by atoms with Crippen LogP contribution >= 0.6 is 0 Å². The van der Waals surface area contributed by atoms with Gasteiger partial charge in [-0.05, 0) is 56.8 Å². The van der Waals surface area contributed by atoms with Crippen molar-refractivity contribution >= 4 is 0 Å². The molecular formula is C16H20F3N. The van der Waals surface area contributed by atoms with Crippen molar-refractivity contribution in [3.8, 4) is 0 Å². The zero-order chi connectivity index (χ0) is 14.6. The molecule has 1 nitrogen and oxygen atoms in total. The summed E-state index contributed by atoms with van der Waals surface area (Å²) in [7, 11) is 1.91. The van der Waals surface area contributed by atoms with Crippen LogP contribution in [0.1, 0.15) is 36.8 Å². The summed E-state index contributed by atoms with van der Waals surface area (Å²) in [4.78, 5) is 0. The van der Waals surface area contributed by atoms with Gasteiger partial charge in [0.05, 0.1) is 5.56 Å². The maximum atomic E-state index is 12.5. The first-order valence-corrected chi connectivity index (χ1v) is 7.03. The quantitative estimate of drug-likeness (QED) is 0.811. The highest BCUT2D eigenvalue weighted by atomic mass is 19.4. The van der Waals surface area contributed by atoms with Crippen molar-refractivity contribution in [2.45, 2.75) is 44.3 Å². The van der Waals surface area contributed by atoms with Gasteiger partial charge in [-0.15, -0.1) is 0 Å². The van der Waals surface area contributed by atoms with Crippen LogP contribution in [0.2, 0.25) is 0 Å². The number of hydrogen-bond donors (Lipinski definition) is 1. The molecule has 1 aromatic rings. The Kier molecular flexibility index (Phi) is 4.86. The van der Waals surface area contributed by atoms with Gasteiger partial charge in [0.25, 0.3) is 0 Å². The largest absolute Gasteiger partial charge is 0.416 e. The van der Waals surface area contributed by atoms with E-state index in [-0.39, 0.29) is 6.04 Å². The molecule has 0 bridgehead atoms. The van der Waals surface area contributed by atoms with Crippen molar-refractivity contribution in [2.75, 3.05) is 7.05 Å². The molecule has 1 N–H and O–H groups in total. The molecule has 0 saturated carbocycles. The maximum Gasteiger partial charge on any atom is 0.416 e. The Bertz CT molecular complexity index is 460. The number of rotatable bonds is 4. The highest BCUT2D eigenvalue weighted by Gasteiger charge is 2.30. The first-order valence-electron chi connectivity index (χ1n) is 7.03. The molecule has 0 aromatic heterocycles. The Morgan fingerprint density at radius 3 is 2.35 bits per heavy atom. The standard InChI is InChI=1S/C16H20F3N/c1-20-15(13-5-3-2-4-6-13)11-12-7-9-14(10-8-12)16(17,18)19/h5,7-10,15,20H,2-4,6,11H2,1H3.